The van der Waals surface area contributed by atoms with Gasteiger partial charge < -0.3 is 14.0 Å². The van der Waals surface area contributed by atoms with Crippen molar-refractivity contribution in [2.45, 2.75) is 78.2 Å². The quantitative estimate of drug-likeness (QED) is 0.694. The van der Waals surface area contributed by atoms with Crippen LogP contribution in [0.5, 0.6) is 0 Å². The fraction of sp³-hybridized carbons (Fsp3) is 0.750. The van der Waals surface area contributed by atoms with Crippen LogP contribution in [0.3, 0.4) is 0 Å². The van der Waals surface area contributed by atoms with Gasteiger partial charge in [0.05, 0.1) is 17.2 Å². The van der Waals surface area contributed by atoms with Crippen LogP contribution in [0.4, 0.5) is 4.79 Å². The second-order valence-electron chi connectivity index (χ2n) is 8.10. The van der Waals surface area contributed by atoms with E-state index in [0.29, 0.717) is 5.47 Å². The van der Waals surface area contributed by atoms with Crippen molar-refractivity contribution in [3.63, 3.8) is 0 Å². The van der Waals surface area contributed by atoms with Gasteiger partial charge in [0.2, 0.25) is 0 Å². The van der Waals surface area contributed by atoms with Crippen molar-refractivity contribution in [1.82, 2.24) is 4.90 Å². The van der Waals surface area contributed by atoms with Crippen LogP contribution >= 0.6 is 0 Å². The van der Waals surface area contributed by atoms with Gasteiger partial charge in [0.1, 0.15) is 5.60 Å². The maximum Gasteiger partial charge on any atom is 0.492 e. The standard InChI is InChI=1S/C16H26BNO5/c1-10-11(17-22-15(5,6)16(7,8)23-17)9-12(19)18(10)13(20)21-14(2,3)4/h9-10H,1-8H3/t10-/m0/s1. The molecule has 1 atom stereocenters. The van der Waals surface area contributed by atoms with E-state index in [2.05, 4.69) is 0 Å². The molecule has 0 aromatic rings. The van der Waals surface area contributed by atoms with Gasteiger partial charge >= 0.3 is 13.2 Å². The fourth-order valence-corrected chi connectivity index (χ4v) is 2.48. The Bertz CT molecular complexity index is 545. The van der Waals surface area contributed by atoms with E-state index in [-0.39, 0.29) is 0 Å². The van der Waals surface area contributed by atoms with Gasteiger partial charge in [-0.1, -0.05) is 0 Å². The summed E-state index contributed by atoms with van der Waals surface area (Å²) in [5.41, 5.74) is -1.02. The van der Waals surface area contributed by atoms with Crippen molar-refractivity contribution < 1.29 is 23.6 Å². The topological polar surface area (TPSA) is 65.1 Å². The lowest BCUT2D eigenvalue weighted by molar-refractivity contribution is -0.125. The first-order valence-corrected chi connectivity index (χ1v) is 7.88. The lowest BCUT2D eigenvalue weighted by atomic mass is 9.75. The van der Waals surface area contributed by atoms with Gasteiger partial charge in [-0.2, -0.15) is 0 Å². The molecule has 0 radical (unpaired) electrons. The zero-order valence-corrected chi connectivity index (χ0v) is 15.2. The zero-order chi connectivity index (χ0) is 17.8. The third kappa shape index (κ3) is 3.31. The lowest BCUT2D eigenvalue weighted by Gasteiger charge is -2.32. The SMILES string of the molecule is C[C@H]1C(B2OC(C)(C)C(C)(C)O2)=CC(=O)N1C(=O)OC(C)(C)C. The van der Waals surface area contributed by atoms with Gasteiger partial charge in [0.25, 0.3) is 5.91 Å². The molecular formula is C16H26BNO5. The molecule has 0 aliphatic carbocycles. The Morgan fingerprint density at radius 1 is 1.22 bits per heavy atom. The van der Waals surface area contributed by atoms with Gasteiger partial charge in [-0.05, 0) is 60.9 Å². The van der Waals surface area contributed by atoms with Crippen LogP contribution in [0.2, 0.25) is 0 Å². The summed E-state index contributed by atoms with van der Waals surface area (Å²) < 4.78 is 17.3. The van der Waals surface area contributed by atoms with Crippen LogP contribution in [0.25, 0.3) is 0 Å². The molecule has 0 N–H and O–H groups in total. The van der Waals surface area contributed by atoms with Gasteiger partial charge in [-0.25, -0.2) is 9.69 Å². The summed E-state index contributed by atoms with van der Waals surface area (Å²) >= 11 is 0. The molecule has 7 heteroatoms. The van der Waals surface area contributed by atoms with E-state index in [0.717, 1.165) is 4.90 Å². The number of hydrogen-bond donors (Lipinski definition) is 0. The van der Waals surface area contributed by atoms with E-state index in [1.54, 1.807) is 27.7 Å². The highest BCUT2D eigenvalue weighted by molar-refractivity contribution is 6.56. The molecular weight excluding hydrogens is 297 g/mol. The number of rotatable bonds is 1. The van der Waals surface area contributed by atoms with Crippen LogP contribution in [0.1, 0.15) is 55.4 Å². The van der Waals surface area contributed by atoms with Crippen LogP contribution in [-0.4, -0.2) is 46.9 Å². The maximum atomic E-state index is 12.3. The van der Waals surface area contributed by atoms with E-state index < -0.39 is 42.0 Å². The Morgan fingerprint density at radius 3 is 2.13 bits per heavy atom. The van der Waals surface area contributed by atoms with Crippen molar-refractivity contribution in [3.05, 3.63) is 11.5 Å². The number of carbonyl (C=O) groups is 2. The Balaban J connectivity index is 2.17. The number of nitrogens with zero attached hydrogens (tertiary/aromatic N) is 1. The summed E-state index contributed by atoms with van der Waals surface area (Å²) in [6.07, 6.45) is 0.759. The first-order valence-electron chi connectivity index (χ1n) is 7.88. The smallest absolute Gasteiger partial charge is 0.443 e. The Morgan fingerprint density at radius 2 is 1.70 bits per heavy atom. The highest BCUT2D eigenvalue weighted by Crippen LogP contribution is 2.40. The zero-order valence-electron chi connectivity index (χ0n) is 15.2. The monoisotopic (exact) mass is 323 g/mol. The molecule has 2 amide bonds. The molecule has 2 aliphatic heterocycles. The van der Waals surface area contributed by atoms with Crippen molar-refractivity contribution in [2.24, 2.45) is 0 Å². The minimum absolute atomic E-state index is 0.406. The minimum Gasteiger partial charge on any atom is -0.443 e. The number of ether oxygens (including phenoxy) is 1. The van der Waals surface area contributed by atoms with Crippen molar-refractivity contribution >= 4 is 19.1 Å². The average Bonchev–Trinajstić information content (AvgIpc) is 2.71. The summed E-state index contributed by atoms with van der Waals surface area (Å²) in [6.45, 7) is 14.8. The van der Waals surface area contributed by atoms with Crippen LogP contribution in [0, 0.1) is 0 Å². The third-order valence-electron chi connectivity index (χ3n) is 4.51. The molecule has 0 bridgehead atoms. The van der Waals surface area contributed by atoms with E-state index in [1.165, 1.54) is 6.08 Å². The minimum atomic E-state index is -0.663. The molecule has 0 aromatic heterocycles. The predicted octanol–water partition coefficient (Wildman–Crippen LogP) is 2.71. The summed E-state index contributed by atoms with van der Waals surface area (Å²) in [4.78, 5) is 25.6. The summed E-state index contributed by atoms with van der Waals surface area (Å²) in [6, 6.07) is -0.466. The maximum absolute atomic E-state index is 12.3. The van der Waals surface area contributed by atoms with Gasteiger partial charge in [-0.3, -0.25) is 4.79 Å². The summed E-state index contributed by atoms with van der Waals surface area (Å²) in [5, 5.41) is 0. The Labute approximate surface area is 138 Å². The first kappa shape index (κ1) is 18.0. The molecule has 6 nitrogen and oxygen atoms in total. The summed E-state index contributed by atoms with van der Waals surface area (Å²) in [5.74, 6) is -0.406. The molecule has 0 spiro atoms. The lowest BCUT2D eigenvalue weighted by Crippen LogP contribution is -2.44. The largest absolute Gasteiger partial charge is 0.492 e. The predicted molar refractivity (Wildman–Crippen MR) is 86.7 cm³/mol. The van der Waals surface area contributed by atoms with E-state index in [1.807, 2.05) is 27.7 Å². The normalized spacial score (nSPS) is 26.5. The number of imide groups is 1. The number of carbonyl (C=O) groups excluding carboxylic acids is 2. The van der Waals surface area contributed by atoms with Gasteiger partial charge in [-0.15, -0.1) is 0 Å². The molecule has 0 saturated carbocycles. The summed E-state index contributed by atoms with van der Waals surface area (Å²) in [7, 11) is -0.647. The van der Waals surface area contributed by atoms with E-state index in [9.17, 15) is 9.59 Å². The molecule has 1 saturated heterocycles. The number of amides is 2. The van der Waals surface area contributed by atoms with Crippen LogP contribution in [0.15, 0.2) is 11.5 Å². The van der Waals surface area contributed by atoms with Gasteiger partial charge in [0.15, 0.2) is 0 Å². The third-order valence-corrected chi connectivity index (χ3v) is 4.51. The molecule has 2 rings (SSSR count). The Kier molecular flexibility index (Phi) is 4.19. The van der Waals surface area contributed by atoms with Crippen molar-refractivity contribution in [3.8, 4) is 0 Å². The molecule has 0 aromatic carbocycles. The van der Waals surface area contributed by atoms with Gasteiger partial charge in [0, 0.05) is 6.08 Å². The van der Waals surface area contributed by atoms with Crippen molar-refractivity contribution in [2.75, 3.05) is 0 Å². The van der Waals surface area contributed by atoms with Crippen LogP contribution in [-0.2, 0) is 18.8 Å². The second-order valence-corrected chi connectivity index (χ2v) is 8.10. The molecule has 0 unspecified atom stereocenters. The van der Waals surface area contributed by atoms with Crippen molar-refractivity contribution in [1.29, 1.82) is 0 Å². The van der Waals surface area contributed by atoms with E-state index >= 15 is 0 Å². The molecule has 1 fully saturated rings. The molecule has 23 heavy (non-hydrogen) atoms. The highest BCUT2D eigenvalue weighted by atomic mass is 16.7. The molecule has 2 heterocycles. The molecule has 128 valence electrons. The fourth-order valence-electron chi connectivity index (χ4n) is 2.48. The number of hydrogen-bond acceptors (Lipinski definition) is 5. The van der Waals surface area contributed by atoms with Crippen LogP contribution < -0.4 is 0 Å². The average molecular weight is 323 g/mol. The Hall–Kier alpha value is -1.34. The first-order chi connectivity index (χ1) is 10.3. The second kappa shape index (κ2) is 5.35. The van der Waals surface area contributed by atoms with E-state index in [4.69, 9.17) is 14.0 Å². The highest BCUT2D eigenvalue weighted by Gasteiger charge is 2.55. The molecule has 2 aliphatic rings.